The van der Waals surface area contributed by atoms with E-state index < -0.39 is 0 Å². The summed E-state index contributed by atoms with van der Waals surface area (Å²) in [5.74, 6) is 0. The zero-order valence-electron chi connectivity index (χ0n) is 6.10. The summed E-state index contributed by atoms with van der Waals surface area (Å²) in [5.41, 5.74) is 1.61. The van der Waals surface area contributed by atoms with Crippen LogP contribution in [0, 0.1) is 0 Å². The van der Waals surface area contributed by atoms with Crippen LogP contribution < -0.4 is 5.32 Å². The summed E-state index contributed by atoms with van der Waals surface area (Å²) in [6.45, 7) is 0. The molecule has 1 aromatic carbocycles. The van der Waals surface area contributed by atoms with Crippen LogP contribution in [0.1, 0.15) is 10.4 Å². The molecule has 0 atom stereocenters. The first-order chi connectivity index (χ1) is 5.25. The largest absolute Gasteiger partial charge is 0.388 e. The number of benzene rings is 1. The van der Waals surface area contributed by atoms with Crippen LogP contribution in [0.5, 0.6) is 0 Å². The molecule has 1 aromatic rings. The molecule has 0 radical (unpaired) electrons. The minimum Gasteiger partial charge on any atom is -0.388 e. The lowest BCUT2D eigenvalue weighted by Gasteiger charge is -2.02. The Hall–Kier alpha value is -0.580. The van der Waals surface area contributed by atoms with E-state index in [1.807, 2.05) is 18.2 Å². The Labute approximate surface area is 79.1 Å². The maximum absolute atomic E-state index is 11.0. The molecule has 1 rings (SSSR count). The van der Waals surface area contributed by atoms with Crippen molar-refractivity contribution in [3.63, 3.8) is 0 Å². The number of hydrogen-bond acceptors (Lipinski definition) is 2. The molecule has 2 nitrogen and oxygen atoms in total. The van der Waals surface area contributed by atoms with E-state index in [2.05, 4.69) is 5.32 Å². The van der Waals surface area contributed by atoms with Crippen molar-refractivity contribution in [2.75, 3.05) is 12.4 Å². The fourth-order valence-corrected chi connectivity index (χ4v) is 1.34. The molecule has 0 aliphatic carbocycles. The summed E-state index contributed by atoms with van der Waals surface area (Å²) in [6, 6.07) is 7.44. The first-order valence-electron chi connectivity index (χ1n) is 3.22. The fourth-order valence-electron chi connectivity index (χ4n) is 0.873. The van der Waals surface area contributed by atoms with Crippen molar-refractivity contribution < 1.29 is 4.79 Å². The van der Waals surface area contributed by atoms with Gasteiger partial charge in [-0.05, 0) is 12.1 Å². The second kappa shape index (κ2) is 3.71. The highest BCUT2D eigenvalue weighted by molar-refractivity contribution is 14.1. The van der Waals surface area contributed by atoms with Crippen molar-refractivity contribution in [3.05, 3.63) is 29.8 Å². The summed E-state index contributed by atoms with van der Waals surface area (Å²) < 4.78 is 0.0625. The van der Waals surface area contributed by atoms with Crippen LogP contribution in [0.4, 0.5) is 5.69 Å². The number of nitrogens with one attached hydrogen (secondary N) is 1. The third-order valence-electron chi connectivity index (χ3n) is 1.41. The molecule has 3 heteroatoms. The van der Waals surface area contributed by atoms with E-state index >= 15 is 0 Å². The number of carbonyl (C=O) groups is 1. The molecule has 0 aliphatic rings. The van der Waals surface area contributed by atoms with E-state index in [0.717, 1.165) is 11.3 Å². The first kappa shape index (κ1) is 8.52. The highest BCUT2D eigenvalue weighted by Gasteiger charge is 2.04. The second-order valence-electron chi connectivity index (χ2n) is 2.07. The maximum atomic E-state index is 11.0. The molecule has 0 spiro atoms. The Morgan fingerprint density at radius 1 is 1.45 bits per heavy atom. The van der Waals surface area contributed by atoms with Gasteiger partial charge in [0.05, 0.1) is 5.56 Å². The number of anilines is 1. The lowest BCUT2D eigenvalue weighted by Crippen LogP contribution is -1.96. The van der Waals surface area contributed by atoms with Crippen molar-refractivity contribution in [3.8, 4) is 0 Å². The van der Waals surface area contributed by atoms with Crippen LogP contribution in [0.3, 0.4) is 0 Å². The predicted octanol–water partition coefficient (Wildman–Crippen LogP) is 2.30. The lowest BCUT2D eigenvalue weighted by molar-refractivity contribution is 0.110. The first-order valence-corrected chi connectivity index (χ1v) is 4.30. The van der Waals surface area contributed by atoms with Gasteiger partial charge in [-0.1, -0.05) is 12.1 Å². The second-order valence-corrected chi connectivity index (χ2v) is 3.05. The number of halogens is 1. The third kappa shape index (κ3) is 1.92. The summed E-state index contributed by atoms with van der Waals surface area (Å²) in [6.07, 6.45) is 0. The summed E-state index contributed by atoms with van der Waals surface area (Å²) in [5, 5.41) is 2.95. The smallest absolute Gasteiger partial charge is 0.224 e. The van der Waals surface area contributed by atoms with E-state index in [1.165, 1.54) is 0 Å². The highest BCUT2D eigenvalue weighted by atomic mass is 127. The Morgan fingerprint density at radius 2 is 2.09 bits per heavy atom. The van der Waals surface area contributed by atoms with Gasteiger partial charge in [-0.3, -0.25) is 4.79 Å². The minimum absolute atomic E-state index is 0.0625. The van der Waals surface area contributed by atoms with Crippen LogP contribution in [0.2, 0.25) is 0 Å². The standard InChI is InChI=1S/C8H8INO/c1-10-7-5-3-2-4-6(7)8(9)11/h2-5,10H,1H3. The molecule has 11 heavy (non-hydrogen) atoms. The van der Waals surface area contributed by atoms with E-state index in [-0.39, 0.29) is 3.79 Å². The van der Waals surface area contributed by atoms with Gasteiger partial charge >= 0.3 is 0 Å². The van der Waals surface area contributed by atoms with Crippen molar-refractivity contribution in [1.29, 1.82) is 0 Å². The number of para-hydroxylation sites is 1. The third-order valence-corrected chi connectivity index (χ3v) is 1.99. The van der Waals surface area contributed by atoms with E-state index in [4.69, 9.17) is 0 Å². The van der Waals surface area contributed by atoms with Crippen LogP contribution >= 0.6 is 22.6 Å². The van der Waals surface area contributed by atoms with Crippen LogP contribution in [0.25, 0.3) is 0 Å². The molecule has 0 unspecified atom stereocenters. The lowest BCUT2D eigenvalue weighted by atomic mass is 10.2. The summed E-state index contributed by atoms with van der Waals surface area (Å²) >= 11 is 1.78. The maximum Gasteiger partial charge on any atom is 0.224 e. The Kier molecular flexibility index (Phi) is 2.87. The molecule has 0 heterocycles. The SMILES string of the molecule is CNc1ccccc1C(=O)I. The topological polar surface area (TPSA) is 29.1 Å². The Morgan fingerprint density at radius 3 is 2.55 bits per heavy atom. The van der Waals surface area contributed by atoms with E-state index in [1.54, 1.807) is 35.7 Å². The normalized spacial score (nSPS) is 9.27. The Bertz CT molecular complexity index is 273. The molecule has 0 fully saturated rings. The van der Waals surface area contributed by atoms with Crippen LogP contribution in [-0.4, -0.2) is 10.8 Å². The fraction of sp³-hybridized carbons (Fsp3) is 0.125. The molecule has 0 amide bonds. The van der Waals surface area contributed by atoms with E-state index in [0.29, 0.717) is 0 Å². The Balaban J connectivity index is 3.12. The average molecular weight is 261 g/mol. The van der Waals surface area contributed by atoms with Crippen molar-refractivity contribution in [2.45, 2.75) is 0 Å². The van der Waals surface area contributed by atoms with Crippen molar-refractivity contribution in [1.82, 2.24) is 0 Å². The van der Waals surface area contributed by atoms with Gasteiger partial charge in [-0.25, -0.2) is 0 Å². The van der Waals surface area contributed by atoms with Crippen LogP contribution in [-0.2, 0) is 0 Å². The van der Waals surface area contributed by atoms with Gasteiger partial charge in [-0.15, -0.1) is 0 Å². The average Bonchev–Trinajstić information content (AvgIpc) is 2.04. The van der Waals surface area contributed by atoms with Gasteiger partial charge in [0.25, 0.3) is 0 Å². The quantitative estimate of drug-likeness (QED) is 0.653. The minimum atomic E-state index is 0.0625. The number of rotatable bonds is 2. The molecule has 0 aromatic heterocycles. The molecular formula is C8H8INO. The van der Waals surface area contributed by atoms with Crippen molar-refractivity contribution in [2.24, 2.45) is 0 Å². The number of carbonyl (C=O) groups excluding carboxylic acids is 1. The predicted molar refractivity (Wildman–Crippen MR) is 54.3 cm³/mol. The van der Waals surface area contributed by atoms with Crippen LogP contribution in [0.15, 0.2) is 24.3 Å². The molecular weight excluding hydrogens is 253 g/mol. The van der Waals surface area contributed by atoms with Gasteiger partial charge in [0.15, 0.2) is 0 Å². The summed E-state index contributed by atoms with van der Waals surface area (Å²) in [7, 11) is 1.80. The molecule has 0 saturated heterocycles. The van der Waals surface area contributed by atoms with Gasteiger partial charge in [-0.2, -0.15) is 0 Å². The van der Waals surface area contributed by atoms with E-state index in [9.17, 15) is 4.79 Å². The van der Waals surface area contributed by atoms with Gasteiger partial charge in [0, 0.05) is 35.3 Å². The van der Waals surface area contributed by atoms with Gasteiger partial charge < -0.3 is 5.32 Å². The van der Waals surface area contributed by atoms with Gasteiger partial charge in [0.2, 0.25) is 3.79 Å². The molecule has 1 N–H and O–H groups in total. The van der Waals surface area contributed by atoms with Gasteiger partial charge in [0.1, 0.15) is 0 Å². The number of hydrogen-bond donors (Lipinski definition) is 1. The summed E-state index contributed by atoms with van der Waals surface area (Å²) in [4.78, 5) is 11.0. The van der Waals surface area contributed by atoms with Crippen molar-refractivity contribution >= 4 is 32.1 Å². The molecule has 0 saturated carbocycles. The zero-order chi connectivity index (χ0) is 8.27. The highest BCUT2D eigenvalue weighted by Crippen LogP contribution is 2.16. The molecule has 0 bridgehead atoms. The molecule has 0 aliphatic heterocycles. The monoisotopic (exact) mass is 261 g/mol. The molecule has 58 valence electrons. The zero-order valence-corrected chi connectivity index (χ0v) is 8.25.